The zero-order valence-electron chi connectivity index (χ0n) is 18.6. The van der Waals surface area contributed by atoms with Gasteiger partial charge in [-0.3, -0.25) is 4.90 Å². The van der Waals surface area contributed by atoms with E-state index in [0.717, 1.165) is 55.1 Å². The van der Waals surface area contributed by atoms with Crippen LogP contribution in [0.25, 0.3) is 0 Å². The SMILES string of the molecule is CSc1cccc(NC(=O)NCC2CC3CCN2CC3CN(C)Cc2ccccc2)c1. The summed E-state index contributed by atoms with van der Waals surface area (Å²) in [5.74, 6) is 1.48. The Morgan fingerprint density at radius 2 is 2.03 bits per heavy atom. The first kappa shape index (κ1) is 22.2. The molecule has 3 heterocycles. The maximum atomic E-state index is 12.4. The van der Waals surface area contributed by atoms with Gasteiger partial charge in [0.2, 0.25) is 0 Å². The van der Waals surface area contributed by atoms with E-state index in [-0.39, 0.29) is 6.03 Å². The Balaban J connectivity index is 1.23. The van der Waals surface area contributed by atoms with E-state index in [1.807, 2.05) is 30.5 Å². The number of anilines is 1. The first-order chi connectivity index (χ1) is 15.1. The van der Waals surface area contributed by atoms with Crippen LogP contribution < -0.4 is 10.6 Å². The number of hydrogen-bond donors (Lipinski definition) is 2. The zero-order valence-corrected chi connectivity index (χ0v) is 19.4. The van der Waals surface area contributed by atoms with Crippen molar-refractivity contribution in [2.75, 3.05) is 44.8 Å². The second kappa shape index (κ2) is 10.5. The summed E-state index contributed by atoms with van der Waals surface area (Å²) in [5.41, 5.74) is 2.22. The van der Waals surface area contributed by atoms with Gasteiger partial charge in [0.25, 0.3) is 0 Å². The van der Waals surface area contributed by atoms with Crippen molar-refractivity contribution in [1.29, 1.82) is 0 Å². The van der Waals surface area contributed by atoms with Gasteiger partial charge < -0.3 is 15.5 Å². The molecule has 0 aromatic heterocycles. The molecule has 0 saturated carbocycles. The molecule has 2 N–H and O–H groups in total. The van der Waals surface area contributed by atoms with E-state index in [1.165, 1.54) is 18.4 Å². The molecule has 5 rings (SSSR count). The lowest BCUT2D eigenvalue weighted by molar-refractivity contribution is -0.00889. The molecule has 5 nitrogen and oxygen atoms in total. The monoisotopic (exact) mass is 438 g/mol. The molecule has 0 radical (unpaired) electrons. The van der Waals surface area contributed by atoms with Crippen molar-refractivity contribution < 1.29 is 4.79 Å². The number of thioether (sulfide) groups is 1. The van der Waals surface area contributed by atoms with Crippen LogP contribution in [0.2, 0.25) is 0 Å². The molecular formula is C25H34N4OS. The van der Waals surface area contributed by atoms with E-state index in [9.17, 15) is 4.79 Å². The summed E-state index contributed by atoms with van der Waals surface area (Å²) >= 11 is 1.68. The number of piperidine rings is 3. The average molecular weight is 439 g/mol. The highest BCUT2D eigenvalue weighted by Gasteiger charge is 2.40. The van der Waals surface area contributed by atoms with E-state index in [4.69, 9.17) is 0 Å². The minimum absolute atomic E-state index is 0.111. The molecule has 31 heavy (non-hydrogen) atoms. The van der Waals surface area contributed by atoms with E-state index in [0.29, 0.717) is 6.04 Å². The largest absolute Gasteiger partial charge is 0.336 e. The lowest BCUT2D eigenvalue weighted by Crippen LogP contribution is -2.58. The van der Waals surface area contributed by atoms with Crippen LogP contribution in [0.4, 0.5) is 10.5 Å². The molecule has 4 unspecified atom stereocenters. The Hall–Kier alpha value is -2.02. The van der Waals surface area contributed by atoms with Crippen molar-refractivity contribution in [2.45, 2.75) is 30.3 Å². The second-order valence-electron chi connectivity index (χ2n) is 8.94. The lowest BCUT2D eigenvalue weighted by atomic mass is 9.75. The number of amides is 2. The van der Waals surface area contributed by atoms with E-state index in [2.05, 4.69) is 57.8 Å². The maximum Gasteiger partial charge on any atom is 0.319 e. The summed E-state index contributed by atoms with van der Waals surface area (Å²) in [7, 11) is 2.24. The van der Waals surface area contributed by atoms with Crippen LogP contribution in [-0.4, -0.2) is 61.4 Å². The van der Waals surface area contributed by atoms with Crippen LogP contribution in [0, 0.1) is 11.8 Å². The summed E-state index contributed by atoms with van der Waals surface area (Å²) in [6.45, 7) is 5.17. The van der Waals surface area contributed by atoms with Crippen molar-refractivity contribution in [3.05, 3.63) is 60.2 Å². The number of benzene rings is 2. The zero-order chi connectivity index (χ0) is 21.6. The van der Waals surface area contributed by atoms with Gasteiger partial charge >= 0.3 is 6.03 Å². The van der Waals surface area contributed by atoms with Gasteiger partial charge in [0.05, 0.1) is 0 Å². The Labute approximate surface area is 190 Å². The molecule has 2 bridgehead atoms. The first-order valence-electron chi connectivity index (χ1n) is 11.3. The van der Waals surface area contributed by atoms with E-state index in [1.54, 1.807) is 11.8 Å². The van der Waals surface area contributed by atoms with Gasteiger partial charge in [-0.2, -0.15) is 0 Å². The molecule has 6 heteroatoms. The number of urea groups is 1. The molecule has 3 aliphatic heterocycles. The molecule has 0 aliphatic carbocycles. The highest BCUT2D eigenvalue weighted by Crippen LogP contribution is 2.36. The minimum Gasteiger partial charge on any atom is -0.336 e. The second-order valence-corrected chi connectivity index (χ2v) is 9.82. The molecule has 0 spiro atoms. The van der Waals surface area contributed by atoms with Crippen molar-refractivity contribution in [1.82, 2.24) is 15.1 Å². The van der Waals surface area contributed by atoms with Crippen molar-refractivity contribution in [2.24, 2.45) is 11.8 Å². The lowest BCUT2D eigenvalue weighted by Gasteiger charge is -2.50. The Morgan fingerprint density at radius 3 is 2.77 bits per heavy atom. The number of nitrogens with zero attached hydrogens (tertiary/aromatic N) is 2. The van der Waals surface area contributed by atoms with Crippen LogP contribution in [0.3, 0.4) is 0 Å². The van der Waals surface area contributed by atoms with E-state index < -0.39 is 0 Å². The number of fused-ring (bicyclic) bond motifs is 3. The van der Waals surface area contributed by atoms with Crippen LogP contribution in [0.15, 0.2) is 59.5 Å². The summed E-state index contributed by atoms with van der Waals surface area (Å²) < 4.78 is 0. The van der Waals surface area contributed by atoms with Crippen molar-refractivity contribution >= 4 is 23.5 Å². The average Bonchev–Trinajstić information content (AvgIpc) is 2.79. The third-order valence-corrected chi connectivity index (χ3v) is 7.41. The van der Waals surface area contributed by atoms with Gasteiger partial charge in [-0.25, -0.2) is 4.79 Å². The van der Waals surface area contributed by atoms with Crippen LogP contribution in [0.5, 0.6) is 0 Å². The topological polar surface area (TPSA) is 47.6 Å². The molecule has 2 aromatic carbocycles. The Bertz CT molecular complexity index is 862. The number of hydrogen-bond acceptors (Lipinski definition) is 4. The smallest absolute Gasteiger partial charge is 0.319 e. The molecule has 3 saturated heterocycles. The normalized spacial score (nSPS) is 24.9. The number of carbonyl (C=O) groups excluding carboxylic acids is 1. The van der Waals surface area contributed by atoms with Crippen LogP contribution >= 0.6 is 11.8 Å². The summed E-state index contributed by atoms with van der Waals surface area (Å²) in [4.78, 5) is 18.6. The molecule has 3 fully saturated rings. The fourth-order valence-corrected chi connectivity index (χ4v) is 5.57. The fraction of sp³-hybridized carbons (Fsp3) is 0.480. The first-order valence-corrected chi connectivity index (χ1v) is 12.5. The maximum absolute atomic E-state index is 12.4. The molecular weight excluding hydrogens is 404 g/mol. The summed E-state index contributed by atoms with van der Waals surface area (Å²) in [5, 5.41) is 6.07. The Morgan fingerprint density at radius 1 is 1.19 bits per heavy atom. The predicted molar refractivity (Wildman–Crippen MR) is 130 cm³/mol. The van der Waals surface area contributed by atoms with Crippen LogP contribution in [-0.2, 0) is 6.54 Å². The number of nitrogens with one attached hydrogen (secondary N) is 2. The summed E-state index contributed by atoms with van der Waals surface area (Å²) in [6.07, 6.45) is 4.51. The van der Waals surface area contributed by atoms with Crippen LogP contribution in [0.1, 0.15) is 18.4 Å². The minimum atomic E-state index is -0.111. The van der Waals surface area contributed by atoms with Gasteiger partial charge in [-0.05, 0) is 68.3 Å². The highest BCUT2D eigenvalue weighted by molar-refractivity contribution is 7.98. The van der Waals surface area contributed by atoms with Gasteiger partial charge in [0, 0.05) is 42.8 Å². The number of rotatable bonds is 8. The predicted octanol–water partition coefficient (Wildman–Crippen LogP) is 4.37. The van der Waals surface area contributed by atoms with Gasteiger partial charge in [-0.1, -0.05) is 36.4 Å². The van der Waals surface area contributed by atoms with Gasteiger partial charge in [0.15, 0.2) is 0 Å². The molecule has 4 atom stereocenters. The summed E-state index contributed by atoms with van der Waals surface area (Å²) in [6, 6.07) is 19.0. The van der Waals surface area contributed by atoms with Gasteiger partial charge in [0.1, 0.15) is 0 Å². The number of carbonyl (C=O) groups is 1. The highest BCUT2D eigenvalue weighted by atomic mass is 32.2. The molecule has 2 aromatic rings. The van der Waals surface area contributed by atoms with Crippen molar-refractivity contribution in [3.8, 4) is 0 Å². The third-order valence-electron chi connectivity index (χ3n) is 6.68. The molecule has 166 valence electrons. The van der Waals surface area contributed by atoms with Gasteiger partial charge in [-0.15, -0.1) is 11.8 Å². The van der Waals surface area contributed by atoms with E-state index >= 15 is 0 Å². The fourth-order valence-electron chi connectivity index (χ4n) is 5.12. The standard InChI is InChI=1S/C25H34N4OS/c1-28(16-19-7-4-3-5-8-19)17-21-18-29-12-11-20(21)13-23(29)15-26-25(30)27-22-9-6-10-24(14-22)31-2/h3-10,14,20-21,23H,11-13,15-18H2,1-2H3,(H2,26,27,30). The third kappa shape index (κ3) is 6.03. The Kier molecular flexibility index (Phi) is 7.54. The quantitative estimate of drug-likeness (QED) is 0.601. The molecule has 2 amide bonds. The van der Waals surface area contributed by atoms with Crippen molar-refractivity contribution in [3.63, 3.8) is 0 Å². The molecule has 3 aliphatic rings.